The zero-order chi connectivity index (χ0) is 15.1. The summed E-state index contributed by atoms with van der Waals surface area (Å²) in [7, 11) is 0. The lowest BCUT2D eigenvalue weighted by Crippen LogP contribution is -2.19. The number of hydrogen-bond donors (Lipinski definition) is 1. The molecule has 0 spiro atoms. The average molecular weight is 283 g/mol. The van der Waals surface area contributed by atoms with Gasteiger partial charge in [-0.25, -0.2) is 5.43 Å². The molecule has 1 N–H and O–H groups in total. The van der Waals surface area contributed by atoms with Crippen molar-refractivity contribution in [3.63, 3.8) is 0 Å². The first kappa shape index (κ1) is 14.7. The number of hydrazone groups is 1. The Labute approximate surface area is 123 Å². The summed E-state index contributed by atoms with van der Waals surface area (Å²) in [5, 5.41) is 4.05. The molecule has 1 heterocycles. The van der Waals surface area contributed by atoms with Gasteiger partial charge in [0.05, 0.1) is 18.0 Å². The first-order valence-electron chi connectivity index (χ1n) is 6.69. The van der Waals surface area contributed by atoms with Gasteiger partial charge in [0.1, 0.15) is 5.75 Å². The summed E-state index contributed by atoms with van der Waals surface area (Å²) in [4.78, 5) is 16.1. The largest absolute Gasteiger partial charge is 0.494 e. The number of aromatic nitrogens is 1. The maximum atomic E-state index is 12.0. The van der Waals surface area contributed by atoms with Gasteiger partial charge in [0.25, 0.3) is 5.91 Å². The third-order valence-electron chi connectivity index (χ3n) is 2.79. The number of carbonyl (C=O) groups is 1. The van der Waals surface area contributed by atoms with Gasteiger partial charge < -0.3 is 4.74 Å². The lowest BCUT2D eigenvalue weighted by Gasteiger charge is -2.05. The molecule has 0 radical (unpaired) electrons. The molecule has 0 bridgehead atoms. The summed E-state index contributed by atoms with van der Waals surface area (Å²) < 4.78 is 5.33. The van der Waals surface area contributed by atoms with Crippen LogP contribution in [0.1, 0.15) is 29.9 Å². The van der Waals surface area contributed by atoms with Crippen LogP contribution in [0.2, 0.25) is 0 Å². The van der Waals surface area contributed by atoms with Crippen LogP contribution in [-0.4, -0.2) is 23.2 Å². The molecule has 21 heavy (non-hydrogen) atoms. The summed E-state index contributed by atoms with van der Waals surface area (Å²) >= 11 is 0. The van der Waals surface area contributed by atoms with Crippen LogP contribution in [-0.2, 0) is 0 Å². The van der Waals surface area contributed by atoms with E-state index in [9.17, 15) is 4.79 Å². The minimum absolute atomic E-state index is 0.270. The van der Waals surface area contributed by atoms with Crippen molar-refractivity contribution >= 4 is 11.6 Å². The summed E-state index contributed by atoms with van der Waals surface area (Å²) in [5.74, 6) is 0.468. The number of ether oxygens (including phenoxy) is 1. The van der Waals surface area contributed by atoms with Crippen molar-refractivity contribution < 1.29 is 9.53 Å². The molecule has 0 saturated heterocycles. The topological polar surface area (TPSA) is 63.6 Å². The molecule has 0 aliphatic carbocycles. The Bertz CT molecular complexity index is 622. The number of benzene rings is 1. The molecule has 2 aromatic rings. The summed E-state index contributed by atoms with van der Waals surface area (Å²) in [6.45, 7) is 4.30. The Balaban J connectivity index is 2.01. The Morgan fingerprint density at radius 3 is 2.62 bits per heavy atom. The highest BCUT2D eigenvalue weighted by atomic mass is 16.5. The highest BCUT2D eigenvalue weighted by Crippen LogP contribution is 2.11. The van der Waals surface area contributed by atoms with Crippen molar-refractivity contribution in [1.82, 2.24) is 10.4 Å². The fourth-order valence-corrected chi connectivity index (χ4v) is 1.70. The first-order valence-corrected chi connectivity index (χ1v) is 6.69. The molecular weight excluding hydrogens is 266 g/mol. The predicted molar refractivity (Wildman–Crippen MR) is 81.5 cm³/mol. The van der Waals surface area contributed by atoms with Gasteiger partial charge in [0, 0.05) is 11.8 Å². The van der Waals surface area contributed by atoms with E-state index in [0.717, 1.165) is 11.4 Å². The van der Waals surface area contributed by atoms with Gasteiger partial charge in [-0.2, -0.15) is 5.10 Å². The minimum atomic E-state index is -0.270. The number of nitrogens with zero attached hydrogens (tertiary/aromatic N) is 2. The van der Waals surface area contributed by atoms with Gasteiger partial charge in [-0.15, -0.1) is 0 Å². The van der Waals surface area contributed by atoms with Gasteiger partial charge >= 0.3 is 0 Å². The third kappa shape index (κ3) is 4.14. The molecule has 2 rings (SSSR count). The molecule has 1 aromatic heterocycles. The van der Waals surface area contributed by atoms with E-state index in [4.69, 9.17) is 4.74 Å². The Kier molecular flexibility index (Phi) is 5.04. The second kappa shape index (κ2) is 7.19. The number of pyridine rings is 1. The maximum Gasteiger partial charge on any atom is 0.271 e. The van der Waals surface area contributed by atoms with Crippen molar-refractivity contribution in [3.05, 3.63) is 59.9 Å². The van der Waals surface area contributed by atoms with E-state index < -0.39 is 0 Å². The molecule has 5 nitrogen and oxygen atoms in total. The van der Waals surface area contributed by atoms with Crippen LogP contribution in [0.5, 0.6) is 5.75 Å². The molecule has 0 unspecified atom stereocenters. The lowest BCUT2D eigenvalue weighted by atomic mass is 10.2. The quantitative estimate of drug-likeness (QED) is 0.677. The lowest BCUT2D eigenvalue weighted by molar-refractivity contribution is 0.0955. The molecule has 0 aliphatic heterocycles. The van der Waals surface area contributed by atoms with Crippen LogP contribution in [0.4, 0.5) is 0 Å². The van der Waals surface area contributed by atoms with Crippen molar-refractivity contribution in [2.75, 3.05) is 6.61 Å². The molecule has 1 amide bonds. The molecular formula is C16H17N3O2. The third-order valence-corrected chi connectivity index (χ3v) is 2.79. The Morgan fingerprint density at radius 2 is 2.00 bits per heavy atom. The van der Waals surface area contributed by atoms with Crippen molar-refractivity contribution in [1.29, 1.82) is 0 Å². The summed E-state index contributed by atoms with van der Waals surface area (Å²) in [6, 6.07) is 12.5. The molecule has 108 valence electrons. The van der Waals surface area contributed by atoms with E-state index in [1.807, 2.05) is 25.1 Å². The Hall–Kier alpha value is -2.69. The number of hydrogen-bond acceptors (Lipinski definition) is 4. The SMILES string of the molecule is CCOc1ccc(C(=O)NN=C(C)c2ccccn2)cc1. The molecule has 0 aliphatic rings. The van der Waals surface area contributed by atoms with Crippen molar-refractivity contribution in [2.24, 2.45) is 5.10 Å². The molecule has 0 saturated carbocycles. The van der Waals surface area contributed by atoms with Crippen LogP contribution >= 0.6 is 0 Å². The fraction of sp³-hybridized carbons (Fsp3) is 0.188. The van der Waals surface area contributed by atoms with Crippen LogP contribution in [0.15, 0.2) is 53.8 Å². The van der Waals surface area contributed by atoms with Crippen LogP contribution in [0, 0.1) is 0 Å². The van der Waals surface area contributed by atoms with E-state index in [0.29, 0.717) is 17.9 Å². The number of amides is 1. The fourth-order valence-electron chi connectivity index (χ4n) is 1.70. The average Bonchev–Trinajstić information content (AvgIpc) is 2.54. The highest BCUT2D eigenvalue weighted by Gasteiger charge is 2.05. The van der Waals surface area contributed by atoms with Crippen LogP contribution < -0.4 is 10.2 Å². The molecule has 1 aromatic carbocycles. The van der Waals surface area contributed by atoms with Crippen LogP contribution in [0.25, 0.3) is 0 Å². The first-order chi connectivity index (χ1) is 10.2. The van der Waals surface area contributed by atoms with Crippen LogP contribution in [0.3, 0.4) is 0 Å². The highest BCUT2D eigenvalue weighted by molar-refractivity contribution is 5.99. The zero-order valence-electron chi connectivity index (χ0n) is 12.0. The number of rotatable bonds is 5. The molecule has 5 heteroatoms. The zero-order valence-corrected chi connectivity index (χ0v) is 12.0. The summed E-state index contributed by atoms with van der Waals surface area (Å²) in [5.41, 5.74) is 4.42. The van der Waals surface area contributed by atoms with Crippen molar-refractivity contribution in [3.8, 4) is 5.75 Å². The van der Waals surface area contributed by atoms with E-state index in [-0.39, 0.29) is 5.91 Å². The van der Waals surface area contributed by atoms with E-state index in [1.165, 1.54) is 0 Å². The molecule has 0 fully saturated rings. The van der Waals surface area contributed by atoms with Gasteiger partial charge in [0.15, 0.2) is 0 Å². The number of nitrogens with one attached hydrogen (secondary N) is 1. The second-order valence-corrected chi connectivity index (χ2v) is 4.31. The normalized spacial score (nSPS) is 11.0. The summed E-state index contributed by atoms with van der Waals surface area (Å²) in [6.07, 6.45) is 1.68. The predicted octanol–water partition coefficient (Wildman–Crippen LogP) is 2.63. The standard InChI is InChI=1S/C16H17N3O2/c1-3-21-14-9-7-13(8-10-14)16(20)19-18-12(2)15-6-4-5-11-17-15/h4-11H,3H2,1-2H3,(H,19,20). The number of carbonyl (C=O) groups excluding carboxylic acids is 1. The second-order valence-electron chi connectivity index (χ2n) is 4.31. The van der Waals surface area contributed by atoms with Crippen molar-refractivity contribution in [2.45, 2.75) is 13.8 Å². The van der Waals surface area contributed by atoms with Gasteiger partial charge in [-0.1, -0.05) is 6.07 Å². The van der Waals surface area contributed by atoms with E-state index in [1.54, 1.807) is 37.4 Å². The van der Waals surface area contributed by atoms with E-state index >= 15 is 0 Å². The molecule has 0 atom stereocenters. The maximum absolute atomic E-state index is 12.0. The smallest absolute Gasteiger partial charge is 0.271 e. The van der Waals surface area contributed by atoms with Gasteiger partial charge in [0.2, 0.25) is 0 Å². The Morgan fingerprint density at radius 1 is 1.24 bits per heavy atom. The van der Waals surface area contributed by atoms with E-state index in [2.05, 4.69) is 15.5 Å². The van der Waals surface area contributed by atoms with Gasteiger partial charge in [-0.05, 0) is 50.2 Å². The van der Waals surface area contributed by atoms with Gasteiger partial charge in [-0.3, -0.25) is 9.78 Å². The minimum Gasteiger partial charge on any atom is -0.494 e. The monoisotopic (exact) mass is 283 g/mol.